The largest absolute Gasteiger partial charge is 0.445 e. The lowest BCUT2D eigenvalue weighted by Gasteiger charge is -2.26. The van der Waals surface area contributed by atoms with Gasteiger partial charge < -0.3 is 15.8 Å². The molecule has 3 N–H and O–H groups in total. The van der Waals surface area contributed by atoms with Crippen LogP contribution < -0.4 is 11.1 Å². The van der Waals surface area contributed by atoms with E-state index in [0.29, 0.717) is 6.04 Å². The molecule has 4 heteroatoms. The van der Waals surface area contributed by atoms with Crippen LogP contribution in [0.25, 0.3) is 0 Å². The van der Waals surface area contributed by atoms with Gasteiger partial charge in [-0.25, -0.2) is 4.79 Å². The second kappa shape index (κ2) is 3.57. The van der Waals surface area contributed by atoms with Crippen molar-refractivity contribution in [3.63, 3.8) is 0 Å². The number of nitrogens with two attached hydrogens (primary N) is 1. The number of primary amides is 1. The average molecular weight is 158 g/mol. The van der Waals surface area contributed by atoms with Crippen LogP contribution in [0.4, 0.5) is 4.79 Å². The summed E-state index contributed by atoms with van der Waals surface area (Å²) in [6.45, 7) is 2.84. The van der Waals surface area contributed by atoms with Gasteiger partial charge in [-0.2, -0.15) is 0 Å². The molecule has 0 aromatic heterocycles. The van der Waals surface area contributed by atoms with Crippen molar-refractivity contribution in [1.29, 1.82) is 0 Å². The summed E-state index contributed by atoms with van der Waals surface area (Å²) in [4.78, 5) is 10.3. The van der Waals surface area contributed by atoms with Crippen LogP contribution in [0.3, 0.4) is 0 Å². The van der Waals surface area contributed by atoms with Gasteiger partial charge in [-0.3, -0.25) is 0 Å². The van der Waals surface area contributed by atoms with Crippen LogP contribution in [0.15, 0.2) is 0 Å². The lowest BCUT2D eigenvalue weighted by atomic mass is 10.0. The number of ether oxygens (including phenoxy) is 1. The molecule has 0 saturated carbocycles. The summed E-state index contributed by atoms with van der Waals surface area (Å²) in [7, 11) is 0. The zero-order valence-corrected chi connectivity index (χ0v) is 6.67. The Bertz CT molecular complexity index is 141. The second-order valence-electron chi connectivity index (χ2n) is 2.95. The minimum atomic E-state index is -0.675. The van der Waals surface area contributed by atoms with Crippen molar-refractivity contribution in [3.05, 3.63) is 0 Å². The standard InChI is InChI=1S/C7H14N2O2/c1-5-2-3-6(4-9-5)11-7(8)10/h5-6,9H,2-4H2,1H3,(H2,8,10)/t5-,6+/m0/s1. The van der Waals surface area contributed by atoms with E-state index in [0.717, 1.165) is 19.4 Å². The van der Waals surface area contributed by atoms with E-state index < -0.39 is 6.09 Å². The van der Waals surface area contributed by atoms with Gasteiger partial charge in [0.15, 0.2) is 0 Å². The molecule has 0 spiro atoms. The second-order valence-corrected chi connectivity index (χ2v) is 2.95. The number of piperidine rings is 1. The predicted octanol–water partition coefficient (Wildman–Crippen LogP) is 0.222. The summed E-state index contributed by atoms with van der Waals surface area (Å²) in [5, 5.41) is 3.20. The van der Waals surface area contributed by atoms with Gasteiger partial charge in [0, 0.05) is 12.6 Å². The van der Waals surface area contributed by atoms with Crippen molar-refractivity contribution in [3.8, 4) is 0 Å². The van der Waals surface area contributed by atoms with Crippen LogP contribution in [0.1, 0.15) is 19.8 Å². The number of carbonyl (C=O) groups is 1. The first-order valence-corrected chi connectivity index (χ1v) is 3.88. The maximum absolute atomic E-state index is 10.3. The number of rotatable bonds is 1. The Kier molecular flexibility index (Phi) is 2.70. The van der Waals surface area contributed by atoms with Crippen LogP contribution in [-0.2, 0) is 4.74 Å². The molecule has 0 unspecified atom stereocenters. The van der Waals surface area contributed by atoms with Crippen LogP contribution in [0.2, 0.25) is 0 Å². The van der Waals surface area contributed by atoms with Gasteiger partial charge in [0.2, 0.25) is 0 Å². The van der Waals surface area contributed by atoms with Crippen LogP contribution in [0, 0.1) is 0 Å². The van der Waals surface area contributed by atoms with Gasteiger partial charge >= 0.3 is 6.09 Å². The minimum Gasteiger partial charge on any atom is -0.445 e. The smallest absolute Gasteiger partial charge is 0.404 e. The zero-order valence-electron chi connectivity index (χ0n) is 6.67. The third kappa shape index (κ3) is 2.76. The molecule has 0 aromatic rings. The normalized spacial score (nSPS) is 31.4. The Morgan fingerprint density at radius 1 is 1.64 bits per heavy atom. The topological polar surface area (TPSA) is 64.3 Å². The first kappa shape index (κ1) is 8.33. The van der Waals surface area contributed by atoms with Crippen molar-refractivity contribution < 1.29 is 9.53 Å². The van der Waals surface area contributed by atoms with Crippen LogP contribution >= 0.6 is 0 Å². The van der Waals surface area contributed by atoms with Crippen LogP contribution in [0.5, 0.6) is 0 Å². The molecular weight excluding hydrogens is 144 g/mol. The van der Waals surface area contributed by atoms with E-state index >= 15 is 0 Å². The summed E-state index contributed by atoms with van der Waals surface area (Å²) in [6.07, 6.45) is 1.25. The lowest BCUT2D eigenvalue weighted by Crippen LogP contribution is -2.42. The van der Waals surface area contributed by atoms with Gasteiger partial charge in [-0.1, -0.05) is 0 Å². The monoisotopic (exact) mass is 158 g/mol. The third-order valence-corrected chi connectivity index (χ3v) is 1.90. The zero-order chi connectivity index (χ0) is 8.27. The Morgan fingerprint density at radius 3 is 2.82 bits per heavy atom. The lowest BCUT2D eigenvalue weighted by molar-refractivity contribution is 0.0836. The van der Waals surface area contributed by atoms with Crippen molar-refractivity contribution in [2.24, 2.45) is 5.73 Å². The molecule has 64 valence electrons. The highest BCUT2D eigenvalue weighted by molar-refractivity contribution is 5.64. The van der Waals surface area contributed by atoms with E-state index in [1.54, 1.807) is 0 Å². The maximum Gasteiger partial charge on any atom is 0.404 e. The number of hydrogen-bond acceptors (Lipinski definition) is 3. The molecule has 1 saturated heterocycles. The Morgan fingerprint density at radius 2 is 2.36 bits per heavy atom. The molecule has 1 rings (SSSR count). The summed E-state index contributed by atoms with van der Waals surface area (Å²) < 4.78 is 4.82. The summed E-state index contributed by atoms with van der Waals surface area (Å²) in [5.41, 5.74) is 4.87. The molecule has 1 aliphatic heterocycles. The molecular formula is C7H14N2O2. The van der Waals surface area contributed by atoms with Gasteiger partial charge in [-0.15, -0.1) is 0 Å². The molecule has 11 heavy (non-hydrogen) atoms. The first-order valence-electron chi connectivity index (χ1n) is 3.88. The van der Waals surface area contributed by atoms with Crippen LogP contribution in [-0.4, -0.2) is 24.8 Å². The Labute approximate surface area is 66.1 Å². The van der Waals surface area contributed by atoms with Gasteiger partial charge in [-0.05, 0) is 19.8 Å². The summed E-state index contributed by atoms with van der Waals surface area (Å²) in [6, 6.07) is 0.530. The Hall–Kier alpha value is -0.770. The van der Waals surface area contributed by atoms with Crippen molar-refractivity contribution in [1.82, 2.24) is 5.32 Å². The quantitative estimate of drug-likeness (QED) is 0.574. The maximum atomic E-state index is 10.3. The number of carbonyl (C=O) groups excluding carboxylic acids is 1. The van der Waals surface area contributed by atoms with Gasteiger partial charge in [0.25, 0.3) is 0 Å². The molecule has 0 bridgehead atoms. The fraction of sp³-hybridized carbons (Fsp3) is 0.857. The average Bonchev–Trinajstić information content (AvgIpc) is 1.93. The molecule has 1 heterocycles. The van der Waals surface area contributed by atoms with Crippen molar-refractivity contribution in [2.75, 3.05) is 6.54 Å². The fourth-order valence-electron chi connectivity index (χ4n) is 1.24. The van der Waals surface area contributed by atoms with E-state index in [4.69, 9.17) is 10.5 Å². The minimum absolute atomic E-state index is 0.0244. The number of hydrogen-bond donors (Lipinski definition) is 2. The Balaban J connectivity index is 2.22. The van der Waals surface area contributed by atoms with E-state index in [2.05, 4.69) is 12.2 Å². The molecule has 0 aliphatic carbocycles. The number of nitrogens with one attached hydrogen (secondary N) is 1. The summed E-state index contributed by atoms with van der Waals surface area (Å²) >= 11 is 0. The molecule has 1 aliphatic rings. The third-order valence-electron chi connectivity index (χ3n) is 1.90. The van der Waals surface area contributed by atoms with Crippen molar-refractivity contribution in [2.45, 2.75) is 31.9 Å². The summed E-state index contributed by atoms with van der Waals surface area (Å²) in [5.74, 6) is 0. The molecule has 1 fully saturated rings. The molecule has 2 atom stereocenters. The van der Waals surface area contributed by atoms with Crippen molar-refractivity contribution >= 4 is 6.09 Å². The molecule has 0 aromatic carbocycles. The van der Waals surface area contributed by atoms with Gasteiger partial charge in [0.1, 0.15) is 6.10 Å². The fourth-order valence-corrected chi connectivity index (χ4v) is 1.24. The molecule has 0 radical (unpaired) electrons. The predicted molar refractivity (Wildman–Crippen MR) is 41.2 cm³/mol. The SMILES string of the molecule is C[C@H]1CC[C@@H](OC(N)=O)CN1. The van der Waals surface area contributed by atoms with E-state index in [1.165, 1.54) is 0 Å². The van der Waals surface area contributed by atoms with E-state index in [-0.39, 0.29) is 6.10 Å². The molecule has 1 amide bonds. The highest BCUT2D eigenvalue weighted by Gasteiger charge is 2.19. The van der Waals surface area contributed by atoms with E-state index in [9.17, 15) is 4.79 Å². The molecule has 4 nitrogen and oxygen atoms in total. The van der Waals surface area contributed by atoms with Gasteiger partial charge in [0.05, 0.1) is 0 Å². The number of amides is 1. The highest BCUT2D eigenvalue weighted by atomic mass is 16.6. The highest BCUT2D eigenvalue weighted by Crippen LogP contribution is 2.10. The first-order chi connectivity index (χ1) is 5.18. The van der Waals surface area contributed by atoms with E-state index in [1.807, 2.05) is 0 Å².